The molecule has 0 unspecified atom stereocenters. The van der Waals surface area contributed by atoms with Crippen molar-refractivity contribution in [2.24, 2.45) is 5.92 Å². The second-order valence-corrected chi connectivity index (χ2v) is 11.1. The average molecular weight is 547 g/mol. The number of nitrogens with one attached hydrogen (secondary N) is 2. The van der Waals surface area contributed by atoms with E-state index in [1.54, 1.807) is 18.6 Å². The number of alkyl carbamates (subject to hydrolysis) is 1. The third-order valence-electron chi connectivity index (χ3n) is 6.59. The van der Waals surface area contributed by atoms with Crippen molar-refractivity contribution < 1.29 is 18.3 Å². The van der Waals surface area contributed by atoms with Gasteiger partial charge in [-0.15, -0.1) is 0 Å². The van der Waals surface area contributed by atoms with Crippen molar-refractivity contribution in [3.8, 4) is 11.4 Å². The summed E-state index contributed by atoms with van der Waals surface area (Å²) in [7, 11) is 0. The molecule has 1 amide bonds. The molecule has 5 rings (SSSR count). The number of nitrogens with zero attached hydrogens (tertiary/aromatic N) is 4. The van der Waals surface area contributed by atoms with Crippen LogP contribution in [0.3, 0.4) is 0 Å². The number of aromatic nitrogens is 3. The lowest BCUT2D eigenvalue weighted by Gasteiger charge is -2.39. The number of piperidine rings is 1. The molecule has 40 heavy (non-hydrogen) atoms. The first-order chi connectivity index (χ1) is 19.1. The van der Waals surface area contributed by atoms with Crippen molar-refractivity contribution in [3.63, 3.8) is 0 Å². The van der Waals surface area contributed by atoms with Gasteiger partial charge in [0.2, 0.25) is 0 Å². The molecule has 0 radical (unpaired) electrons. The van der Waals surface area contributed by atoms with Crippen LogP contribution in [0.4, 0.5) is 30.6 Å². The number of benzene rings is 2. The molecule has 8 nitrogen and oxygen atoms in total. The van der Waals surface area contributed by atoms with E-state index in [0.29, 0.717) is 29.1 Å². The molecular formula is C30H32F2N6O2. The number of amides is 1. The fraction of sp³-hybridized carbons (Fsp3) is 0.333. The van der Waals surface area contributed by atoms with Gasteiger partial charge in [-0.3, -0.25) is 4.98 Å². The molecular weight excluding hydrogens is 514 g/mol. The highest BCUT2D eigenvalue weighted by Gasteiger charge is 2.29. The second-order valence-electron chi connectivity index (χ2n) is 11.1. The Hall–Kier alpha value is -4.34. The van der Waals surface area contributed by atoms with Crippen molar-refractivity contribution in [1.29, 1.82) is 0 Å². The Labute approximate surface area is 231 Å². The zero-order chi connectivity index (χ0) is 28.4. The second kappa shape index (κ2) is 11.0. The first-order valence-corrected chi connectivity index (χ1v) is 13.2. The summed E-state index contributed by atoms with van der Waals surface area (Å²) in [5.74, 6) is -1.18. The predicted molar refractivity (Wildman–Crippen MR) is 152 cm³/mol. The number of pyridine rings is 1. The van der Waals surface area contributed by atoms with Gasteiger partial charge >= 0.3 is 6.09 Å². The number of ether oxygens (including phenoxy) is 1. The van der Waals surface area contributed by atoms with Crippen molar-refractivity contribution in [1.82, 2.24) is 20.3 Å². The lowest BCUT2D eigenvalue weighted by molar-refractivity contribution is 0.0495. The molecule has 0 bridgehead atoms. The Morgan fingerprint density at radius 3 is 2.52 bits per heavy atom. The number of hydrogen-bond donors (Lipinski definition) is 2. The first-order valence-electron chi connectivity index (χ1n) is 13.2. The zero-order valence-corrected chi connectivity index (χ0v) is 22.9. The van der Waals surface area contributed by atoms with E-state index in [4.69, 9.17) is 4.74 Å². The van der Waals surface area contributed by atoms with Crippen LogP contribution in [-0.4, -0.2) is 45.8 Å². The van der Waals surface area contributed by atoms with E-state index in [9.17, 15) is 13.6 Å². The van der Waals surface area contributed by atoms with Crippen LogP contribution < -0.4 is 15.5 Å². The molecule has 1 aliphatic heterocycles. The van der Waals surface area contributed by atoms with Gasteiger partial charge in [0.1, 0.15) is 17.2 Å². The Kier molecular flexibility index (Phi) is 7.51. The molecule has 1 aliphatic rings. The van der Waals surface area contributed by atoms with Crippen LogP contribution in [0.5, 0.6) is 0 Å². The lowest BCUT2D eigenvalue weighted by Crippen LogP contribution is -2.51. The third-order valence-corrected chi connectivity index (χ3v) is 6.59. The predicted octanol–water partition coefficient (Wildman–Crippen LogP) is 6.45. The van der Waals surface area contributed by atoms with Gasteiger partial charge in [-0.2, -0.15) is 0 Å². The maximum absolute atomic E-state index is 14.5. The highest BCUT2D eigenvalue weighted by atomic mass is 19.1. The number of carbonyl (C=O) groups excluding carboxylic acids is 1. The summed E-state index contributed by atoms with van der Waals surface area (Å²) in [4.78, 5) is 27.7. The Bertz CT molecular complexity index is 1520. The minimum atomic E-state index is -0.729. The van der Waals surface area contributed by atoms with E-state index >= 15 is 0 Å². The molecule has 1 saturated heterocycles. The molecule has 0 saturated carbocycles. The van der Waals surface area contributed by atoms with E-state index < -0.39 is 23.3 Å². The summed E-state index contributed by atoms with van der Waals surface area (Å²) >= 11 is 0. The van der Waals surface area contributed by atoms with E-state index in [1.807, 2.05) is 45.0 Å². The molecule has 2 aromatic carbocycles. The largest absolute Gasteiger partial charge is 0.444 e. The lowest BCUT2D eigenvalue weighted by atomic mass is 9.95. The maximum Gasteiger partial charge on any atom is 0.407 e. The Balaban J connectivity index is 1.44. The van der Waals surface area contributed by atoms with Gasteiger partial charge < -0.3 is 20.3 Å². The minimum Gasteiger partial charge on any atom is -0.444 e. The number of rotatable bonds is 5. The fourth-order valence-corrected chi connectivity index (χ4v) is 5.02. The van der Waals surface area contributed by atoms with Crippen LogP contribution in [0.15, 0.2) is 61.1 Å². The minimum absolute atomic E-state index is 0.0373. The van der Waals surface area contributed by atoms with E-state index in [1.165, 1.54) is 18.2 Å². The van der Waals surface area contributed by atoms with Gasteiger partial charge in [0.25, 0.3) is 0 Å². The molecule has 3 heterocycles. The van der Waals surface area contributed by atoms with Crippen LogP contribution in [0.1, 0.15) is 34.1 Å². The van der Waals surface area contributed by atoms with Gasteiger partial charge in [-0.05, 0) is 57.4 Å². The molecule has 10 heteroatoms. The van der Waals surface area contributed by atoms with Gasteiger partial charge in [0.15, 0.2) is 5.82 Å². The quantitative estimate of drug-likeness (QED) is 0.297. The fourth-order valence-electron chi connectivity index (χ4n) is 5.02. The molecule has 0 spiro atoms. The summed E-state index contributed by atoms with van der Waals surface area (Å²) in [5, 5.41) is 7.15. The molecule has 208 valence electrons. The van der Waals surface area contributed by atoms with Gasteiger partial charge in [0.05, 0.1) is 34.3 Å². The average Bonchev–Trinajstić information content (AvgIpc) is 2.88. The molecule has 2 N–H and O–H groups in total. The van der Waals surface area contributed by atoms with Crippen LogP contribution in [-0.2, 0) is 4.74 Å². The van der Waals surface area contributed by atoms with Gasteiger partial charge in [0, 0.05) is 36.9 Å². The monoisotopic (exact) mass is 546 g/mol. The van der Waals surface area contributed by atoms with Crippen molar-refractivity contribution >= 4 is 34.1 Å². The number of hydrogen-bond acceptors (Lipinski definition) is 7. The number of anilines is 3. The molecule has 2 atom stereocenters. The molecule has 0 aliphatic carbocycles. The summed E-state index contributed by atoms with van der Waals surface area (Å²) in [6, 6.07) is 11.0. The summed E-state index contributed by atoms with van der Waals surface area (Å²) in [6.45, 7) is 9.05. The standard InChI is InChI=1S/C30H32F2N6O2/c1-18-13-20(35-29(39)40-30(2,3)4)17-38(16-18)25-11-12-33-15-24(25)36-23-10-5-7-19-14-34-28(37-27(19)23)26-21(31)8-6-9-22(26)32/h5-12,14-15,18,20,36H,13,16-17H2,1-4H3,(H,35,39)/t18-,20+/m1/s1. The summed E-state index contributed by atoms with van der Waals surface area (Å²) < 4.78 is 34.4. The van der Waals surface area contributed by atoms with E-state index in [2.05, 4.69) is 37.4 Å². The Morgan fingerprint density at radius 2 is 1.77 bits per heavy atom. The topological polar surface area (TPSA) is 92.3 Å². The van der Waals surface area contributed by atoms with E-state index in [-0.39, 0.29) is 17.4 Å². The van der Waals surface area contributed by atoms with Crippen molar-refractivity contribution in [2.45, 2.75) is 45.8 Å². The number of halogens is 2. The van der Waals surface area contributed by atoms with Gasteiger partial charge in [-0.25, -0.2) is 23.5 Å². The van der Waals surface area contributed by atoms with Gasteiger partial charge in [-0.1, -0.05) is 25.1 Å². The van der Waals surface area contributed by atoms with E-state index in [0.717, 1.165) is 24.3 Å². The first kappa shape index (κ1) is 27.2. The van der Waals surface area contributed by atoms with Crippen LogP contribution in [0.25, 0.3) is 22.3 Å². The smallest absolute Gasteiger partial charge is 0.407 e. The summed E-state index contributed by atoms with van der Waals surface area (Å²) in [6.07, 6.45) is 5.40. The third kappa shape index (κ3) is 6.11. The zero-order valence-electron chi connectivity index (χ0n) is 22.9. The summed E-state index contributed by atoms with van der Waals surface area (Å²) in [5.41, 5.74) is 1.95. The maximum atomic E-state index is 14.5. The SMILES string of the molecule is C[C@@H]1C[C@H](NC(=O)OC(C)(C)C)CN(c2ccncc2Nc2cccc3cnc(-c4c(F)cccc4F)nc23)C1. The molecule has 1 fully saturated rings. The van der Waals surface area contributed by atoms with Crippen molar-refractivity contribution in [3.05, 3.63) is 72.7 Å². The molecule has 4 aromatic rings. The van der Waals surface area contributed by atoms with Crippen molar-refractivity contribution in [2.75, 3.05) is 23.3 Å². The van der Waals surface area contributed by atoms with Crippen LogP contribution in [0, 0.1) is 17.6 Å². The molecule has 2 aromatic heterocycles. The normalized spacial score (nSPS) is 17.5. The number of fused-ring (bicyclic) bond motifs is 1. The number of para-hydroxylation sites is 1. The number of carbonyl (C=O) groups is 1. The highest BCUT2D eigenvalue weighted by Crippen LogP contribution is 2.34. The van der Waals surface area contributed by atoms with Crippen LogP contribution in [0.2, 0.25) is 0 Å². The highest BCUT2D eigenvalue weighted by molar-refractivity contribution is 5.94. The Morgan fingerprint density at radius 1 is 1.02 bits per heavy atom. The van der Waals surface area contributed by atoms with Crippen LogP contribution >= 0.6 is 0 Å².